The van der Waals surface area contributed by atoms with Crippen molar-refractivity contribution in [3.8, 4) is 17.2 Å². The lowest BCUT2D eigenvalue weighted by Crippen LogP contribution is -2.37. The summed E-state index contributed by atoms with van der Waals surface area (Å²) in [7, 11) is -3.15. The smallest absolute Gasteiger partial charge is 0.241 e. The molecule has 0 aliphatic carbocycles. The number of amides is 1. The molecule has 0 heterocycles. The van der Waals surface area contributed by atoms with E-state index in [9.17, 15) is 13.2 Å². The second-order valence-corrected chi connectivity index (χ2v) is 8.30. The van der Waals surface area contributed by atoms with Gasteiger partial charge in [0.2, 0.25) is 5.91 Å². The van der Waals surface area contributed by atoms with Crippen LogP contribution in [-0.4, -0.2) is 39.0 Å². The summed E-state index contributed by atoms with van der Waals surface area (Å²) in [6, 6.07) is 13.2. The highest BCUT2D eigenvalue weighted by atomic mass is 35.5. The molecular formula is C19H25ClN2O5S. The van der Waals surface area contributed by atoms with Gasteiger partial charge in [0.15, 0.2) is 0 Å². The Morgan fingerprint density at radius 2 is 1.54 bits per heavy atom. The van der Waals surface area contributed by atoms with Crippen LogP contribution in [-0.2, 0) is 14.6 Å². The molecule has 0 saturated heterocycles. The van der Waals surface area contributed by atoms with E-state index < -0.39 is 21.8 Å². The molecule has 0 fully saturated rings. The number of hydrogen-bond acceptors (Lipinski definition) is 6. The standard InChI is InChI=1S/C19H24N2O5S.ClH/c1-3-25-15-8-10-17(11-9-15)26-16-6-4-14(5-7-16)21-19(22)18(20)12-13-27(2,23)24;/h4-11,18H,3,12-13,20H2,1-2H3,(H,21,22);1H. The number of nitrogens with one attached hydrogen (secondary N) is 1. The molecule has 0 aromatic heterocycles. The Bertz CT molecular complexity index is 855. The third-order valence-electron chi connectivity index (χ3n) is 3.63. The summed E-state index contributed by atoms with van der Waals surface area (Å²) in [5, 5.41) is 2.66. The summed E-state index contributed by atoms with van der Waals surface area (Å²) < 4.78 is 33.4. The van der Waals surface area contributed by atoms with Crippen molar-refractivity contribution in [2.45, 2.75) is 19.4 Å². The Hall–Kier alpha value is -2.29. The maximum Gasteiger partial charge on any atom is 0.241 e. The van der Waals surface area contributed by atoms with Gasteiger partial charge in [-0.15, -0.1) is 12.4 Å². The van der Waals surface area contributed by atoms with E-state index in [1.807, 2.05) is 31.2 Å². The molecule has 2 rings (SSSR count). The molecule has 0 spiro atoms. The average Bonchev–Trinajstić information content (AvgIpc) is 2.62. The number of nitrogens with two attached hydrogens (primary N) is 1. The van der Waals surface area contributed by atoms with Crippen molar-refractivity contribution in [2.75, 3.05) is 23.9 Å². The molecule has 0 radical (unpaired) electrons. The Morgan fingerprint density at radius 1 is 1.04 bits per heavy atom. The normalized spacial score (nSPS) is 11.8. The fourth-order valence-electron chi connectivity index (χ4n) is 2.22. The van der Waals surface area contributed by atoms with Gasteiger partial charge in [-0.2, -0.15) is 0 Å². The summed E-state index contributed by atoms with van der Waals surface area (Å²) in [6.45, 7) is 2.52. The Morgan fingerprint density at radius 3 is 2.04 bits per heavy atom. The summed E-state index contributed by atoms with van der Waals surface area (Å²) in [5.74, 6) is 1.49. The first kappa shape index (κ1) is 23.7. The predicted octanol–water partition coefficient (Wildman–Crippen LogP) is 3.00. The average molecular weight is 429 g/mol. The molecular weight excluding hydrogens is 404 g/mol. The molecule has 3 N–H and O–H groups in total. The summed E-state index contributed by atoms with van der Waals surface area (Å²) >= 11 is 0. The van der Waals surface area contributed by atoms with Crippen molar-refractivity contribution >= 4 is 33.8 Å². The van der Waals surface area contributed by atoms with Crippen LogP contribution in [0.2, 0.25) is 0 Å². The molecule has 1 amide bonds. The fraction of sp³-hybridized carbons (Fsp3) is 0.316. The van der Waals surface area contributed by atoms with E-state index in [0.717, 1.165) is 12.0 Å². The molecule has 7 nitrogen and oxygen atoms in total. The summed E-state index contributed by atoms with van der Waals surface area (Å²) in [5.41, 5.74) is 6.28. The van der Waals surface area contributed by atoms with Gasteiger partial charge < -0.3 is 20.5 Å². The molecule has 9 heteroatoms. The van der Waals surface area contributed by atoms with Crippen molar-refractivity contribution in [2.24, 2.45) is 5.73 Å². The van der Waals surface area contributed by atoms with Gasteiger partial charge in [0.25, 0.3) is 0 Å². The highest BCUT2D eigenvalue weighted by molar-refractivity contribution is 7.90. The number of carbonyl (C=O) groups is 1. The minimum atomic E-state index is -3.15. The molecule has 154 valence electrons. The van der Waals surface area contributed by atoms with Crippen LogP contribution in [0.1, 0.15) is 13.3 Å². The number of anilines is 1. The molecule has 2 aromatic rings. The van der Waals surface area contributed by atoms with E-state index >= 15 is 0 Å². The van der Waals surface area contributed by atoms with Crippen LogP contribution in [0.5, 0.6) is 17.2 Å². The number of benzene rings is 2. The molecule has 2 aromatic carbocycles. The van der Waals surface area contributed by atoms with Crippen LogP contribution in [0.4, 0.5) is 5.69 Å². The molecule has 0 bridgehead atoms. The van der Waals surface area contributed by atoms with Gasteiger partial charge in [0.1, 0.15) is 27.1 Å². The van der Waals surface area contributed by atoms with Gasteiger partial charge in [-0.3, -0.25) is 4.79 Å². The van der Waals surface area contributed by atoms with Gasteiger partial charge in [-0.1, -0.05) is 0 Å². The number of halogens is 1. The third kappa shape index (κ3) is 8.16. The highest BCUT2D eigenvalue weighted by Gasteiger charge is 2.16. The zero-order valence-electron chi connectivity index (χ0n) is 15.8. The number of sulfone groups is 1. The zero-order valence-corrected chi connectivity index (χ0v) is 17.4. The van der Waals surface area contributed by atoms with Crippen molar-refractivity contribution in [1.29, 1.82) is 0 Å². The van der Waals surface area contributed by atoms with Crippen LogP contribution in [0.15, 0.2) is 48.5 Å². The van der Waals surface area contributed by atoms with E-state index in [0.29, 0.717) is 23.8 Å². The maximum atomic E-state index is 12.0. The van der Waals surface area contributed by atoms with E-state index in [1.54, 1.807) is 24.3 Å². The van der Waals surface area contributed by atoms with E-state index in [4.69, 9.17) is 15.2 Å². The van der Waals surface area contributed by atoms with Crippen LogP contribution in [0.3, 0.4) is 0 Å². The predicted molar refractivity (Wildman–Crippen MR) is 112 cm³/mol. The number of rotatable bonds is 9. The lowest BCUT2D eigenvalue weighted by Gasteiger charge is -2.12. The van der Waals surface area contributed by atoms with Crippen molar-refractivity contribution in [1.82, 2.24) is 0 Å². The summed E-state index contributed by atoms with van der Waals surface area (Å²) in [6.07, 6.45) is 1.18. The van der Waals surface area contributed by atoms with Crippen LogP contribution in [0, 0.1) is 0 Å². The van der Waals surface area contributed by atoms with Crippen molar-refractivity contribution in [3.63, 3.8) is 0 Å². The second kappa shape index (κ2) is 10.9. The largest absolute Gasteiger partial charge is 0.494 e. The van der Waals surface area contributed by atoms with Crippen molar-refractivity contribution < 1.29 is 22.7 Å². The molecule has 0 aliphatic heterocycles. The first-order valence-electron chi connectivity index (χ1n) is 8.52. The van der Waals surface area contributed by atoms with E-state index in [2.05, 4.69) is 5.32 Å². The third-order valence-corrected chi connectivity index (χ3v) is 4.61. The second-order valence-electron chi connectivity index (χ2n) is 6.05. The molecule has 1 unspecified atom stereocenters. The Balaban J connectivity index is 0.00000392. The number of ether oxygens (including phenoxy) is 2. The van der Waals surface area contributed by atoms with Crippen LogP contribution >= 0.6 is 12.4 Å². The lowest BCUT2D eigenvalue weighted by atomic mass is 10.2. The van der Waals surface area contributed by atoms with Gasteiger partial charge >= 0.3 is 0 Å². The van der Waals surface area contributed by atoms with E-state index in [-0.39, 0.29) is 24.6 Å². The summed E-state index contributed by atoms with van der Waals surface area (Å²) in [4.78, 5) is 12.0. The number of hydrogen-bond donors (Lipinski definition) is 2. The first-order chi connectivity index (χ1) is 12.8. The SMILES string of the molecule is CCOc1ccc(Oc2ccc(NC(=O)C(N)CCS(C)(=O)=O)cc2)cc1.Cl. The molecule has 28 heavy (non-hydrogen) atoms. The highest BCUT2D eigenvalue weighted by Crippen LogP contribution is 2.25. The fourth-order valence-corrected chi connectivity index (χ4v) is 2.90. The minimum absolute atomic E-state index is 0. The van der Waals surface area contributed by atoms with Gasteiger partial charge in [0.05, 0.1) is 18.4 Å². The van der Waals surface area contributed by atoms with Gasteiger partial charge in [-0.25, -0.2) is 8.42 Å². The van der Waals surface area contributed by atoms with Gasteiger partial charge in [-0.05, 0) is 61.9 Å². The zero-order chi connectivity index (χ0) is 19.9. The minimum Gasteiger partial charge on any atom is -0.494 e. The number of carbonyl (C=O) groups excluding carboxylic acids is 1. The first-order valence-corrected chi connectivity index (χ1v) is 10.6. The molecule has 0 saturated carbocycles. The quantitative estimate of drug-likeness (QED) is 0.635. The lowest BCUT2D eigenvalue weighted by molar-refractivity contribution is -0.117. The van der Waals surface area contributed by atoms with Crippen LogP contribution in [0.25, 0.3) is 0 Å². The van der Waals surface area contributed by atoms with Gasteiger partial charge in [0, 0.05) is 11.9 Å². The molecule has 1 atom stereocenters. The van der Waals surface area contributed by atoms with Crippen molar-refractivity contribution in [3.05, 3.63) is 48.5 Å². The molecule has 0 aliphatic rings. The monoisotopic (exact) mass is 428 g/mol. The Labute approximate surface area is 171 Å². The van der Waals surface area contributed by atoms with Crippen LogP contribution < -0.4 is 20.5 Å². The van der Waals surface area contributed by atoms with E-state index in [1.165, 1.54) is 0 Å². The topological polar surface area (TPSA) is 108 Å². The Kier molecular flexibility index (Phi) is 9.24. The maximum absolute atomic E-state index is 12.0.